The van der Waals surface area contributed by atoms with Crippen LogP contribution in [0.1, 0.15) is 26.7 Å². The highest BCUT2D eigenvalue weighted by molar-refractivity contribution is 5.40. The van der Waals surface area contributed by atoms with E-state index in [4.69, 9.17) is 0 Å². The van der Waals surface area contributed by atoms with Crippen molar-refractivity contribution in [3.63, 3.8) is 0 Å². The summed E-state index contributed by atoms with van der Waals surface area (Å²) < 4.78 is 0. The molecule has 16 heavy (non-hydrogen) atoms. The van der Waals surface area contributed by atoms with Crippen molar-refractivity contribution in [3.8, 4) is 0 Å². The van der Waals surface area contributed by atoms with Gasteiger partial charge in [0.25, 0.3) is 0 Å². The molecule has 2 heteroatoms. The third-order valence-corrected chi connectivity index (χ3v) is 3.55. The number of anilines is 1. The summed E-state index contributed by atoms with van der Waals surface area (Å²) in [6, 6.07) is 4.04. The Morgan fingerprint density at radius 3 is 3.06 bits per heavy atom. The maximum atomic E-state index is 4.11. The lowest BCUT2D eigenvalue weighted by molar-refractivity contribution is 0.381. The van der Waals surface area contributed by atoms with Gasteiger partial charge in [0.1, 0.15) is 0 Å². The Kier molecular flexibility index (Phi) is 3.60. The van der Waals surface area contributed by atoms with Crippen LogP contribution < -0.4 is 5.32 Å². The Balaban J connectivity index is 1.94. The largest absolute Gasteiger partial charge is 0.383 e. The third-order valence-electron chi connectivity index (χ3n) is 3.55. The van der Waals surface area contributed by atoms with Gasteiger partial charge in [-0.3, -0.25) is 4.98 Å². The lowest BCUT2D eigenvalue weighted by Gasteiger charge is -2.29. The van der Waals surface area contributed by atoms with Crippen molar-refractivity contribution in [2.75, 3.05) is 11.9 Å². The second kappa shape index (κ2) is 5.15. The summed E-state index contributed by atoms with van der Waals surface area (Å²) in [6.45, 7) is 5.63. The number of hydrogen-bond donors (Lipinski definition) is 1. The van der Waals surface area contributed by atoms with Crippen LogP contribution in [0.15, 0.2) is 36.2 Å². The second-order valence-corrected chi connectivity index (χ2v) is 4.73. The fourth-order valence-corrected chi connectivity index (χ4v) is 2.43. The van der Waals surface area contributed by atoms with Crippen molar-refractivity contribution in [2.24, 2.45) is 11.8 Å². The van der Waals surface area contributed by atoms with Crippen molar-refractivity contribution in [1.82, 2.24) is 4.98 Å². The van der Waals surface area contributed by atoms with Gasteiger partial charge in [-0.15, -0.1) is 0 Å². The quantitative estimate of drug-likeness (QED) is 0.782. The van der Waals surface area contributed by atoms with E-state index in [-0.39, 0.29) is 0 Å². The molecule has 0 saturated heterocycles. The summed E-state index contributed by atoms with van der Waals surface area (Å²) in [6.07, 6.45) is 8.63. The van der Waals surface area contributed by atoms with Crippen LogP contribution >= 0.6 is 0 Å². The Bertz CT molecular complexity index is 356. The Morgan fingerprint density at radius 2 is 2.38 bits per heavy atom. The number of rotatable bonds is 3. The third kappa shape index (κ3) is 2.63. The molecule has 1 N–H and O–H groups in total. The molecule has 1 aromatic heterocycles. The fourth-order valence-electron chi connectivity index (χ4n) is 2.43. The van der Waals surface area contributed by atoms with E-state index in [0.29, 0.717) is 5.92 Å². The number of hydrogen-bond acceptors (Lipinski definition) is 2. The molecule has 2 nitrogen and oxygen atoms in total. The van der Waals surface area contributed by atoms with Gasteiger partial charge in [-0.1, -0.05) is 18.6 Å². The first-order chi connectivity index (χ1) is 7.77. The summed E-state index contributed by atoms with van der Waals surface area (Å²) in [5.74, 6) is 1.46. The van der Waals surface area contributed by atoms with E-state index in [1.54, 1.807) is 6.20 Å². The highest BCUT2D eigenvalue weighted by Gasteiger charge is 2.21. The predicted octanol–water partition coefficient (Wildman–Crippen LogP) is 3.49. The smallest absolute Gasteiger partial charge is 0.0526 e. The van der Waals surface area contributed by atoms with E-state index in [2.05, 4.69) is 36.3 Å². The van der Waals surface area contributed by atoms with Gasteiger partial charge in [0.2, 0.25) is 0 Å². The fraction of sp³-hybridized carbons (Fsp3) is 0.500. The summed E-state index contributed by atoms with van der Waals surface area (Å²) in [5, 5.41) is 3.47. The van der Waals surface area contributed by atoms with Crippen molar-refractivity contribution < 1.29 is 0 Å². The minimum atomic E-state index is 0.675. The molecule has 0 aliphatic heterocycles. The van der Waals surface area contributed by atoms with E-state index < -0.39 is 0 Å². The lowest BCUT2D eigenvalue weighted by atomic mass is 9.80. The first-order valence-corrected chi connectivity index (χ1v) is 6.08. The molecule has 0 fully saturated rings. The molecule has 1 aliphatic carbocycles. The van der Waals surface area contributed by atoms with Gasteiger partial charge in [0.15, 0.2) is 0 Å². The summed E-state index contributed by atoms with van der Waals surface area (Å²) in [5.41, 5.74) is 2.66. The van der Waals surface area contributed by atoms with Crippen molar-refractivity contribution in [3.05, 3.63) is 36.2 Å². The minimum Gasteiger partial charge on any atom is -0.383 e. The highest BCUT2D eigenvalue weighted by atomic mass is 14.9. The van der Waals surface area contributed by atoms with E-state index in [1.165, 1.54) is 18.4 Å². The average Bonchev–Trinajstić information content (AvgIpc) is 2.30. The minimum absolute atomic E-state index is 0.675. The van der Waals surface area contributed by atoms with Crippen molar-refractivity contribution in [1.29, 1.82) is 0 Å². The van der Waals surface area contributed by atoms with E-state index in [1.807, 2.05) is 12.3 Å². The average molecular weight is 216 g/mol. The zero-order valence-electron chi connectivity index (χ0n) is 10.1. The van der Waals surface area contributed by atoms with Gasteiger partial charge in [0.05, 0.1) is 5.69 Å². The van der Waals surface area contributed by atoms with E-state index in [9.17, 15) is 0 Å². The molecular weight excluding hydrogens is 196 g/mol. The molecule has 1 aliphatic rings. The van der Waals surface area contributed by atoms with Crippen LogP contribution in [0.4, 0.5) is 5.69 Å². The van der Waals surface area contributed by atoms with Gasteiger partial charge in [-0.05, 0) is 43.7 Å². The van der Waals surface area contributed by atoms with E-state index in [0.717, 1.165) is 18.2 Å². The van der Waals surface area contributed by atoms with Crippen molar-refractivity contribution >= 4 is 5.69 Å². The number of nitrogens with one attached hydrogen (secondary N) is 1. The maximum Gasteiger partial charge on any atom is 0.0526 e. The molecule has 1 aromatic rings. The zero-order chi connectivity index (χ0) is 11.4. The number of pyridine rings is 1. The maximum absolute atomic E-state index is 4.11. The van der Waals surface area contributed by atoms with Crippen LogP contribution in [-0.4, -0.2) is 11.5 Å². The van der Waals surface area contributed by atoms with Gasteiger partial charge in [0, 0.05) is 18.9 Å². The molecule has 86 valence electrons. The molecule has 0 amide bonds. The Labute approximate surface area is 97.8 Å². The van der Waals surface area contributed by atoms with E-state index >= 15 is 0 Å². The first kappa shape index (κ1) is 11.2. The van der Waals surface area contributed by atoms with Gasteiger partial charge in [-0.2, -0.15) is 0 Å². The molecule has 1 heterocycles. The molecular formula is C14H20N2. The van der Waals surface area contributed by atoms with Crippen molar-refractivity contribution in [2.45, 2.75) is 26.7 Å². The highest BCUT2D eigenvalue weighted by Crippen LogP contribution is 2.30. The number of nitrogens with zero attached hydrogens (tertiary/aromatic N) is 1. The standard InChI is InChI=1S/C14H20N2/c1-11-5-3-6-12(2)14(11)10-16-13-7-4-8-15-9-13/h4-5,7-9,12,14,16H,3,6,10H2,1-2H3. The van der Waals surface area contributed by atoms with Gasteiger partial charge >= 0.3 is 0 Å². The second-order valence-electron chi connectivity index (χ2n) is 4.73. The normalized spacial score (nSPS) is 25.0. The van der Waals surface area contributed by atoms with Crippen LogP contribution in [0.5, 0.6) is 0 Å². The molecule has 2 unspecified atom stereocenters. The van der Waals surface area contributed by atoms with Crippen LogP contribution in [0.2, 0.25) is 0 Å². The molecule has 0 bridgehead atoms. The zero-order valence-corrected chi connectivity index (χ0v) is 10.1. The van der Waals surface area contributed by atoms with Crippen LogP contribution in [-0.2, 0) is 0 Å². The number of allylic oxidation sites excluding steroid dienone is 1. The molecule has 0 saturated carbocycles. The SMILES string of the molecule is CC1=CCCC(C)C1CNc1cccnc1. The molecule has 2 rings (SSSR count). The summed E-state index contributed by atoms with van der Waals surface area (Å²) in [7, 11) is 0. The lowest BCUT2D eigenvalue weighted by Crippen LogP contribution is -2.24. The molecule has 0 spiro atoms. The molecule has 0 radical (unpaired) electrons. The number of aromatic nitrogens is 1. The summed E-state index contributed by atoms with van der Waals surface area (Å²) in [4.78, 5) is 4.11. The van der Waals surface area contributed by atoms with Crippen LogP contribution in [0, 0.1) is 11.8 Å². The monoisotopic (exact) mass is 216 g/mol. The Hall–Kier alpha value is -1.31. The topological polar surface area (TPSA) is 24.9 Å². The molecule has 2 atom stereocenters. The van der Waals surface area contributed by atoms with Gasteiger partial charge < -0.3 is 5.32 Å². The Morgan fingerprint density at radius 1 is 1.50 bits per heavy atom. The summed E-state index contributed by atoms with van der Waals surface area (Å²) >= 11 is 0. The first-order valence-electron chi connectivity index (χ1n) is 6.08. The van der Waals surface area contributed by atoms with Crippen LogP contribution in [0.3, 0.4) is 0 Å². The molecule has 0 aromatic carbocycles. The predicted molar refractivity (Wildman–Crippen MR) is 68.4 cm³/mol. The van der Waals surface area contributed by atoms with Gasteiger partial charge in [-0.25, -0.2) is 0 Å². The van der Waals surface area contributed by atoms with Crippen LogP contribution in [0.25, 0.3) is 0 Å².